The summed E-state index contributed by atoms with van der Waals surface area (Å²) in [4.78, 5) is 49.9. The SMILES string of the molecule is O=C(NC1(C(=O)N[C@H](Cc2ccccc2)C(=O)NC2CCNCC2)CCCC1)c1cc2ccccc2s1.O=C(O)C(F)(F)F. The highest BCUT2D eigenvalue weighted by atomic mass is 32.1. The van der Waals surface area contributed by atoms with E-state index in [1.54, 1.807) is 0 Å². The van der Waals surface area contributed by atoms with Gasteiger partial charge >= 0.3 is 12.1 Å². The van der Waals surface area contributed by atoms with Crippen LogP contribution < -0.4 is 21.3 Å². The average molecular weight is 633 g/mol. The molecule has 44 heavy (non-hydrogen) atoms. The van der Waals surface area contributed by atoms with Crippen LogP contribution in [0.5, 0.6) is 0 Å². The zero-order valence-corrected chi connectivity index (χ0v) is 24.7. The van der Waals surface area contributed by atoms with E-state index in [2.05, 4.69) is 21.3 Å². The van der Waals surface area contributed by atoms with Gasteiger partial charge in [0.1, 0.15) is 11.6 Å². The summed E-state index contributed by atoms with van der Waals surface area (Å²) in [6, 6.07) is 18.9. The summed E-state index contributed by atoms with van der Waals surface area (Å²) in [7, 11) is 0. The molecule has 2 aromatic carbocycles. The number of hydrogen-bond donors (Lipinski definition) is 5. The van der Waals surface area contributed by atoms with Crippen LogP contribution in [-0.2, 0) is 20.8 Å². The largest absolute Gasteiger partial charge is 0.490 e. The van der Waals surface area contributed by atoms with Gasteiger partial charge in [0, 0.05) is 17.2 Å². The number of benzene rings is 2. The number of alkyl halides is 3. The maximum absolute atomic E-state index is 13.8. The number of amides is 3. The van der Waals surface area contributed by atoms with Crippen molar-refractivity contribution in [2.75, 3.05) is 13.1 Å². The van der Waals surface area contributed by atoms with Gasteiger partial charge in [-0.05, 0) is 61.9 Å². The lowest BCUT2D eigenvalue weighted by molar-refractivity contribution is -0.192. The van der Waals surface area contributed by atoms with Crippen molar-refractivity contribution >= 4 is 45.1 Å². The highest BCUT2D eigenvalue weighted by Crippen LogP contribution is 2.32. The van der Waals surface area contributed by atoms with Crippen LogP contribution in [-0.4, -0.2) is 65.7 Å². The van der Waals surface area contributed by atoms with Gasteiger partial charge in [-0.2, -0.15) is 13.2 Å². The van der Waals surface area contributed by atoms with Crippen LogP contribution in [0.15, 0.2) is 60.7 Å². The van der Waals surface area contributed by atoms with E-state index in [-0.39, 0.29) is 23.8 Å². The Morgan fingerprint density at radius 2 is 1.59 bits per heavy atom. The Morgan fingerprint density at radius 1 is 0.977 bits per heavy atom. The highest BCUT2D eigenvalue weighted by molar-refractivity contribution is 7.20. The normalized spacial score (nSPS) is 17.2. The summed E-state index contributed by atoms with van der Waals surface area (Å²) in [5, 5.41) is 20.7. The number of hydrogen-bond acceptors (Lipinski definition) is 6. The van der Waals surface area contributed by atoms with Gasteiger partial charge in [0.25, 0.3) is 5.91 Å². The van der Waals surface area contributed by atoms with E-state index < -0.39 is 23.7 Å². The molecular formula is C31H35F3N4O5S. The third-order valence-corrected chi connectivity index (χ3v) is 8.84. The number of halogens is 3. The van der Waals surface area contributed by atoms with Gasteiger partial charge in [-0.3, -0.25) is 14.4 Å². The number of carboxylic acids is 1. The lowest BCUT2D eigenvalue weighted by atomic mass is 9.94. The number of carbonyl (C=O) groups excluding carboxylic acids is 3. The molecule has 1 aliphatic carbocycles. The molecule has 0 spiro atoms. The second-order valence-electron chi connectivity index (χ2n) is 10.9. The maximum Gasteiger partial charge on any atom is 0.490 e. The zero-order chi connectivity index (χ0) is 31.7. The van der Waals surface area contributed by atoms with Crippen LogP contribution in [0.2, 0.25) is 0 Å². The molecule has 3 amide bonds. The Kier molecular flexibility index (Phi) is 11.0. The molecule has 1 aromatic heterocycles. The molecule has 236 valence electrons. The van der Waals surface area contributed by atoms with Gasteiger partial charge in [0.15, 0.2) is 0 Å². The van der Waals surface area contributed by atoms with Crippen LogP contribution in [0, 0.1) is 0 Å². The molecular weight excluding hydrogens is 597 g/mol. The first-order chi connectivity index (χ1) is 21.0. The van der Waals surface area contributed by atoms with Crippen molar-refractivity contribution < 1.29 is 37.5 Å². The smallest absolute Gasteiger partial charge is 0.475 e. The molecule has 2 aliphatic rings. The van der Waals surface area contributed by atoms with Crippen molar-refractivity contribution in [2.45, 2.75) is 68.7 Å². The predicted molar refractivity (Wildman–Crippen MR) is 160 cm³/mol. The molecule has 2 heterocycles. The van der Waals surface area contributed by atoms with E-state index in [1.807, 2.05) is 60.7 Å². The second-order valence-corrected chi connectivity index (χ2v) is 12.0. The third-order valence-electron chi connectivity index (χ3n) is 7.73. The number of aliphatic carboxylic acids is 1. The molecule has 5 N–H and O–H groups in total. The van der Waals surface area contributed by atoms with E-state index in [0.29, 0.717) is 24.1 Å². The molecule has 0 unspecified atom stereocenters. The zero-order valence-electron chi connectivity index (χ0n) is 23.9. The number of nitrogens with one attached hydrogen (secondary N) is 4. The van der Waals surface area contributed by atoms with Crippen LogP contribution in [0.25, 0.3) is 10.1 Å². The minimum atomic E-state index is -5.08. The van der Waals surface area contributed by atoms with Crippen molar-refractivity contribution in [1.29, 1.82) is 0 Å². The molecule has 5 rings (SSSR count). The van der Waals surface area contributed by atoms with Crippen molar-refractivity contribution in [3.05, 3.63) is 71.1 Å². The summed E-state index contributed by atoms with van der Waals surface area (Å²) >= 11 is 1.43. The van der Waals surface area contributed by atoms with Crippen molar-refractivity contribution in [1.82, 2.24) is 21.3 Å². The summed E-state index contributed by atoms with van der Waals surface area (Å²) in [6.07, 6.45) is -0.133. The third kappa shape index (κ3) is 8.79. The van der Waals surface area contributed by atoms with E-state index in [1.165, 1.54) is 11.3 Å². The Balaban J connectivity index is 0.000000566. The summed E-state index contributed by atoms with van der Waals surface area (Å²) < 4.78 is 32.8. The Bertz CT molecular complexity index is 1420. The van der Waals surface area contributed by atoms with Crippen LogP contribution in [0.4, 0.5) is 13.2 Å². The first-order valence-electron chi connectivity index (χ1n) is 14.4. The highest BCUT2D eigenvalue weighted by Gasteiger charge is 2.44. The van der Waals surface area contributed by atoms with E-state index >= 15 is 0 Å². The first-order valence-corrected chi connectivity index (χ1v) is 15.3. The van der Waals surface area contributed by atoms with Crippen LogP contribution >= 0.6 is 11.3 Å². The average Bonchev–Trinajstić information content (AvgIpc) is 3.66. The number of piperidine rings is 1. The van der Waals surface area contributed by atoms with E-state index in [9.17, 15) is 27.6 Å². The second kappa shape index (κ2) is 14.7. The standard InChI is InChI=1S/C29H34N4O3S.C2HF3O2/c34-26(31-22-12-16-30-17-13-22)23(18-20-8-2-1-3-9-20)32-28(36)29(14-6-7-15-29)33-27(35)25-19-21-10-4-5-11-24(21)37-25;3-2(4,5)1(6)7/h1-5,8-11,19,22-23,30H,6-7,12-18H2,(H,31,34)(H,32,36)(H,33,35);(H,6,7)/t23-;/m1./s1. The van der Waals surface area contributed by atoms with Crippen molar-refractivity contribution in [3.63, 3.8) is 0 Å². The van der Waals surface area contributed by atoms with Gasteiger partial charge in [-0.25, -0.2) is 4.79 Å². The van der Waals surface area contributed by atoms with Gasteiger partial charge in [-0.15, -0.1) is 11.3 Å². The van der Waals surface area contributed by atoms with Crippen molar-refractivity contribution in [2.24, 2.45) is 0 Å². The molecule has 1 saturated heterocycles. The molecule has 1 saturated carbocycles. The lowest BCUT2D eigenvalue weighted by Gasteiger charge is -2.32. The number of rotatable bonds is 8. The fourth-order valence-electron chi connectivity index (χ4n) is 5.38. The van der Waals surface area contributed by atoms with E-state index in [4.69, 9.17) is 9.90 Å². The molecule has 0 radical (unpaired) electrons. The number of fused-ring (bicyclic) bond motifs is 1. The minimum Gasteiger partial charge on any atom is -0.475 e. The van der Waals surface area contributed by atoms with E-state index in [0.717, 1.165) is 54.4 Å². The predicted octanol–water partition coefficient (Wildman–Crippen LogP) is 4.17. The Labute approximate surface area is 256 Å². The van der Waals surface area contributed by atoms with Crippen LogP contribution in [0.1, 0.15) is 53.8 Å². The van der Waals surface area contributed by atoms with Gasteiger partial charge in [0.05, 0.1) is 4.88 Å². The lowest BCUT2D eigenvalue weighted by Crippen LogP contribution is -2.61. The molecule has 3 aromatic rings. The monoisotopic (exact) mass is 632 g/mol. The number of carboxylic acid groups (broad SMARTS) is 1. The van der Waals surface area contributed by atoms with Gasteiger partial charge in [-0.1, -0.05) is 61.4 Å². The maximum atomic E-state index is 13.8. The van der Waals surface area contributed by atoms with Crippen molar-refractivity contribution in [3.8, 4) is 0 Å². The summed E-state index contributed by atoms with van der Waals surface area (Å²) in [6.45, 7) is 1.74. The van der Waals surface area contributed by atoms with Crippen LogP contribution in [0.3, 0.4) is 0 Å². The van der Waals surface area contributed by atoms with Gasteiger partial charge < -0.3 is 26.4 Å². The molecule has 0 bridgehead atoms. The number of carbonyl (C=O) groups is 4. The fraction of sp³-hybridized carbons (Fsp3) is 0.419. The Hall–Kier alpha value is -3.97. The fourth-order valence-corrected chi connectivity index (χ4v) is 6.34. The number of thiophene rings is 1. The summed E-state index contributed by atoms with van der Waals surface area (Å²) in [5.74, 6) is -3.45. The van der Waals surface area contributed by atoms with Gasteiger partial charge in [0.2, 0.25) is 11.8 Å². The summed E-state index contributed by atoms with van der Waals surface area (Å²) in [5.41, 5.74) is -0.0416. The topological polar surface area (TPSA) is 137 Å². The molecule has 1 aliphatic heterocycles. The first kappa shape index (κ1) is 32.9. The molecule has 9 nitrogen and oxygen atoms in total. The molecule has 13 heteroatoms. The minimum absolute atomic E-state index is 0.0945. The molecule has 2 fully saturated rings. The quantitative estimate of drug-likeness (QED) is 0.253. The Morgan fingerprint density at radius 3 is 2.20 bits per heavy atom. The molecule has 1 atom stereocenters.